The molecule has 0 aliphatic heterocycles. The molecule has 0 radical (unpaired) electrons. The zero-order valence-corrected chi connectivity index (χ0v) is 19.5. The summed E-state index contributed by atoms with van der Waals surface area (Å²) >= 11 is 0. The maximum absolute atomic E-state index is 13.0. The smallest absolute Gasteiger partial charge is 0.255 e. The number of hydrogen-bond acceptors (Lipinski definition) is 4. The molecule has 3 rings (SSSR count). The lowest BCUT2D eigenvalue weighted by molar-refractivity contribution is 0.0927. The Labute approximate surface area is 203 Å². The van der Waals surface area contributed by atoms with Gasteiger partial charge in [0.1, 0.15) is 11.6 Å². The van der Waals surface area contributed by atoms with Gasteiger partial charge in [0, 0.05) is 35.5 Å². The van der Waals surface area contributed by atoms with Crippen LogP contribution in [0, 0.1) is 5.82 Å². The first-order valence-corrected chi connectivity index (χ1v) is 11.4. The van der Waals surface area contributed by atoms with Gasteiger partial charge in [-0.1, -0.05) is 13.3 Å². The van der Waals surface area contributed by atoms with Gasteiger partial charge in [-0.05, 0) is 79.2 Å². The Balaban J connectivity index is 1.39. The number of anilines is 1. The van der Waals surface area contributed by atoms with E-state index >= 15 is 0 Å². The number of rotatable bonds is 11. The van der Waals surface area contributed by atoms with Crippen molar-refractivity contribution in [1.29, 1.82) is 0 Å². The highest BCUT2D eigenvalue weighted by molar-refractivity contribution is 6.04. The molecule has 0 atom stereocenters. The molecule has 3 N–H and O–H groups in total. The van der Waals surface area contributed by atoms with E-state index in [4.69, 9.17) is 4.74 Å². The lowest BCUT2D eigenvalue weighted by Crippen LogP contribution is -2.34. The van der Waals surface area contributed by atoms with E-state index in [0.29, 0.717) is 29.0 Å². The molecule has 3 aromatic carbocycles. The average Bonchev–Trinajstić information content (AvgIpc) is 2.87. The first-order valence-electron chi connectivity index (χ1n) is 11.4. The van der Waals surface area contributed by atoms with Crippen LogP contribution in [0.2, 0.25) is 0 Å². The minimum Gasteiger partial charge on any atom is -0.494 e. The number of ether oxygens (including phenoxy) is 1. The molecule has 35 heavy (non-hydrogen) atoms. The highest BCUT2D eigenvalue weighted by atomic mass is 19.1. The third-order valence-electron chi connectivity index (χ3n) is 5.09. The van der Waals surface area contributed by atoms with Crippen molar-refractivity contribution in [3.63, 3.8) is 0 Å². The van der Waals surface area contributed by atoms with Crippen molar-refractivity contribution in [1.82, 2.24) is 10.6 Å². The highest BCUT2D eigenvalue weighted by Gasteiger charge is 2.09. The van der Waals surface area contributed by atoms with Gasteiger partial charge in [0.15, 0.2) is 0 Å². The van der Waals surface area contributed by atoms with Crippen LogP contribution < -0.4 is 20.7 Å². The van der Waals surface area contributed by atoms with Gasteiger partial charge in [-0.25, -0.2) is 4.39 Å². The third-order valence-corrected chi connectivity index (χ3v) is 5.09. The molecular weight excluding hydrogens is 449 g/mol. The Kier molecular flexibility index (Phi) is 9.36. The van der Waals surface area contributed by atoms with Crippen molar-refractivity contribution >= 4 is 23.4 Å². The van der Waals surface area contributed by atoms with E-state index in [-0.39, 0.29) is 30.8 Å². The number of halogens is 1. The number of hydrogen-bond donors (Lipinski definition) is 3. The number of amides is 3. The Bertz CT molecular complexity index is 1130. The standard InChI is InChI=1S/C27H28FN3O4/c1-2-3-18-35-24-14-8-20(9-15-24)26(33)30-17-16-29-25(32)19-6-12-23(13-7-19)31-27(34)21-4-10-22(28)11-5-21/h4-15H,2-3,16-18H2,1H3,(H,29,32)(H,30,33)(H,31,34). The minimum absolute atomic E-state index is 0.236. The van der Waals surface area contributed by atoms with Crippen molar-refractivity contribution in [2.45, 2.75) is 19.8 Å². The fraction of sp³-hybridized carbons (Fsp3) is 0.222. The van der Waals surface area contributed by atoms with Crippen molar-refractivity contribution in [3.8, 4) is 5.75 Å². The van der Waals surface area contributed by atoms with Crippen LogP contribution in [0.3, 0.4) is 0 Å². The molecule has 3 amide bonds. The van der Waals surface area contributed by atoms with E-state index in [9.17, 15) is 18.8 Å². The van der Waals surface area contributed by atoms with E-state index in [1.165, 1.54) is 24.3 Å². The van der Waals surface area contributed by atoms with Crippen LogP contribution in [0.1, 0.15) is 50.8 Å². The summed E-state index contributed by atoms with van der Waals surface area (Å²) in [7, 11) is 0. The van der Waals surface area contributed by atoms with Gasteiger partial charge >= 0.3 is 0 Å². The van der Waals surface area contributed by atoms with Gasteiger partial charge in [0.05, 0.1) is 6.61 Å². The Morgan fingerprint density at radius 2 is 1.20 bits per heavy atom. The van der Waals surface area contributed by atoms with Crippen LogP contribution in [0.25, 0.3) is 0 Å². The van der Waals surface area contributed by atoms with Gasteiger partial charge in [-0.15, -0.1) is 0 Å². The van der Waals surface area contributed by atoms with E-state index < -0.39 is 5.82 Å². The maximum Gasteiger partial charge on any atom is 0.255 e. The zero-order chi connectivity index (χ0) is 25.0. The molecule has 0 aliphatic rings. The van der Waals surface area contributed by atoms with Gasteiger partial charge in [0.25, 0.3) is 17.7 Å². The average molecular weight is 478 g/mol. The largest absolute Gasteiger partial charge is 0.494 e. The van der Waals surface area contributed by atoms with E-state index in [2.05, 4.69) is 22.9 Å². The number of nitrogens with one attached hydrogen (secondary N) is 3. The van der Waals surface area contributed by atoms with Crippen LogP contribution in [-0.2, 0) is 0 Å². The van der Waals surface area contributed by atoms with Gasteiger partial charge < -0.3 is 20.7 Å². The van der Waals surface area contributed by atoms with Crippen LogP contribution in [-0.4, -0.2) is 37.4 Å². The summed E-state index contributed by atoms with van der Waals surface area (Å²) in [4.78, 5) is 36.8. The molecule has 0 aliphatic carbocycles. The van der Waals surface area contributed by atoms with Crippen molar-refractivity contribution in [3.05, 3.63) is 95.3 Å². The normalized spacial score (nSPS) is 10.3. The molecule has 0 saturated carbocycles. The third kappa shape index (κ3) is 7.96. The number of carbonyl (C=O) groups excluding carboxylic acids is 3. The number of carbonyl (C=O) groups is 3. The molecule has 0 aromatic heterocycles. The second-order valence-electron chi connectivity index (χ2n) is 7.78. The zero-order valence-electron chi connectivity index (χ0n) is 19.5. The van der Waals surface area contributed by atoms with Gasteiger partial charge in [-0.2, -0.15) is 0 Å². The molecule has 0 unspecified atom stereocenters. The molecule has 3 aromatic rings. The summed E-state index contributed by atoms with van der Waals surface area (Å²) in [5.74, 6) is -0.608. The molecule has 0 fully saturated rings. The fourth-order valence-corrected chi connectivity index (χ4v) is 3.10. The van der Waals surface area contributed by atoms with E-state index in [1.807, 2.05) is 0 Å². The van der Waals surface area contributed by atoms with Gasteiger partial charge in [-0.3, -0.25) is 14.4 Å². The topological polar surface area (TPSA) is 96.5 Å². The second-order valence-corrected chi connectivity index (χ2v) is 7.78. The number of unbranched alkanes of at least 4 members (excludes halogenated alkanes) is 1. The highest BCUT2D eigenvalue weighted by Crippen LogP contribution is 2.13. The lowest BCUT2D eigenvalue weighted by atomic mass is 10.1. The molecule has 0 bridgehead atoms. The number of benzene rings is 3. The van der Waals surface area contributed by atoms with Gasteiger partial charge in [0.2, 0.25) is 0 Å². The van der Waals surface area contributed by atoms with Crippen molar-refractivity contribution < 1.29 is 23.5 Å². The SMILES string of the molecule is CCCCOc1ccc(C(=O)NCCNC(=O)c2ccc(NC(=O)c3ccc(F)cc3)cc2)cc1. The lowest BCUT2D eigenvalue weighted by Gasteiger charge is -2.09. The fourth-order valence-electron chi connectivity index (χ4n) is 3.10. The molecule has 0 spiro atoms. The Morgan fingerprint density at radius 3 is 1.74 bits per heavy atom. The monoisotopic (exact) mass is 477 g/mol. The molecule has 0 heterocycles. The summed E-state index contributed by atoms with van der Waals surface area (Å²) in [5.41, 5.74) is 1.75. The maximum atomic E-state index is 13.0. The van der Waals surface area contributed by atoms with Crippen molar-refractivity contribution in [2.75, 3.05) is 25.0 Å². The van der Waals surface area contributed by atoms with Crippen LogP contribution in [0.5, 0.6) is 5.75 Å². The Morgan fingerprint density at radius 1 is 0.714 bits per heavy atom. The first kappa shape index (κ1) is 25.4. The molecule has 0 saturated heterocycles. The van der Waals surface area contributed by atoms with Crippen LogP contribution in [0.15, 0.2) is 72.8 Å². The summed E-state index contributed by atoms with van der Waals surface area (Å²) in [6.07, 6.45) is 2.03. The van der Waals surface area contributed by atoms with Crippen LogP contribution in [0.4, 0.5) is 10.1 Å². The summed E-state index contributed by atoms with van der Waals surface area (Å²) in [6.45, 7) is 3.27. The molecular formula is C27H28FN3O4. The summed E-state index contributed by atoms with van der Waals surface area (Å²) < 4.78 is 18.6. The molecule has 8 heteroatoms. The summed E-state index contributed by atoms with van der Waals surface area (Å²) in [6, 6.07) is 18.5. The van der Waals surface area contributed by atoms with E-state index in [1.54, 1.807) is 48.5 Å². The second kappa shape index (κ2) is 12.9. The predicted octanol–water partition coefficient (Wildman–Crippen LogP) is 4.42. The van der Waals surface area contributed by atoms with E-state index in [0.717, 1.165) is 18.6 Å². The quantitative estimate of drug-likeness (QED) is 0.356. The molecule has 182 valence electrons. The summed E-state index contributed by atoms with van der Waals surface area (Å²) in [5, 5.41) is 8.19. The molecule has 7 nitrogen and oxygen atoms in total. The Hall–Kier alpha value is -4.20. The predicted molar refractivity (Wildman–Crippen MR) is 132 cm³/mol. The minimum atomic E-state index is -0.418. The van der Waals surface area contributed by atoms with Crippen molar-refractivity contribution in [2.24, 2.45) is 0 Å². The first-order chi connectivity index (χ1) is 17.0. The van der Waals surface area contributed by atoms with Crippen LogP contribution >= 0.6 is 0 Å².